The quantitative estimate of drug-likeness (QED) is 0.674. The van der Waals surface area contributed by atoms with Crippen LogP contribution >= 0.6 is 0 Å². The van der Waals surface area contributed by atoms with Gasteiger partial charge in [0.1, 0.15) is 5.82 Å². The first-order valence-electron chi connectivity index (χ1n) is 5.78. The Morgan fingerprint density at radius 2 is 1.65 bits per heavy atom. The van der Waals surface area contributed by atoms with Gasteiger partial charge in [-0.25, -0.2) is 4.39 Å². The van der Waals surface area contributed by atoms with Crippen LogP contribution in [0.4, 0.5) is 4.39 Å². The lowest BCUT2D eigenvalue weighted by Gasteiger charge is -2.14. The second-order valence-corrected chi connectivity index (χ2v) is 4.50. The molecule has 0 nitrogen and oxygen atoms in total. The van der Waals surface area contributed by atoms with Crippen molar-refractivity contribution < 1.29 is 4.39 Å². The van der Waals surface area contributed by atoms with Crippen molar-refractivity contribution in [3.63, 3.8) is 0 Å². The minimum absolute atomic E-state index is 0.179. The molecular formula is C16H13F. The summed E-state index contributed by atoms with van der Waals surface area (Å²) in [4.78, 5) is 0. The van der Waals surface area contributed by atoms with Gasteiger partial charge in [-0.2, -0.15) is 0 Å². The molecule has 0 saturated heterocycles. The van der Waals surface area contributed by atoms with Crippen molar-refractivity contribution in [3.05, 3.63) is 76.6 Å². The maximum absolute atomic E-state index is 13.0. The summed E-state index contributed by atoms with van der Waals surface area (Å²) in [5.41, 5.74) is 5.07. The fourth-order valence-corrected chi connectivity index (χ4v) is 2.58. The molecule has 0 fully saturated rings. The molecule has 0 radical (unpaired) electrons. The van der Waals surface area contributed by atoms with Gasteiger partial charge in [-0.1, -0.05) is 48.0 Å². The number of benzene rings is 2. The second kappa shape index (κ2) is 3.85. The van der Waals surface area contributed by atoms with Gasteiger partial charge in [0, 0.05) is 5.92 Å². The van der Waals surface area contributed by atoms with Crippen molar-refractivity contribution in [1.29, 1.82) is 0 Å². The molecule has 1 unspecified atom stereocenters. The Hall–Kier alpha value is -1.89. The van der Waals surface area contributed by atoms with Gasteiger partial charge in [0.15, 0.2) is 0 Å². The largest absolute Gasteiger partial charge is 0.207 e. The molecular weight excluding hydrogens is 211 g/mol. The highest BCUT2D eigenvalue weighted by Crippen LogP contribution is 2.40. The van der Waals surface area contributed by atoms with Crippen molar-refractivity contribution in [2.75, 3.05) is 0 Å². The minimum atomic E-state index is -0.179. The van der Waals surface area contributed by atoms with Crippen LogP contribution in [0.15, 0.2) is 54.1 Å². The summed E-state index contributed by atoms with van der Waals surface area (Å²) in [5.74, 6) is 0.105. The Morgan fingerprint density at radius 3 is 2.41 bits per heavy atom. The lowest BCUT2D eigenvalue weighted by atomic mass is 9.89. The highest BCUT2D eigenvalue weighted by molar-refractivity contribution is 5.68. The molecule has 2 aromatic carbocycles. The molecule has 1 heteroatoms. The van der Waals surface area contributed by atoms with Gasteiger partial charge in [-0.3, -0.25) is 0 Å². The zero-order chi connectivity index (χ0) is 11.8. The van der Waals surface area contributed by atoms with E-state index in [1.807, 2.05) is 12.1 Å². The van der Waals surface area contributed by atoms with Crippen LogP contribution < -0.4 is 0 Å². The SMILES string of the molecule is CC1=Cc2ccccc2C1c1ccc(F)cc1. The summed E-state index contributed by atoms with van der Waals surface area (Å²) in [7, 11) is 0. The summed E-state index contributed by atoms with van der Waals surface area (Å²) in [5, 5.41) is 0. The van der Waals surface area contributed by atoms with Gasteiger partial charge in [0.2, 0.25) is 0 Å². The van der Waals surface area contributed by atoms with Crippen LogP contribution in [0.3, 0.4) is 0 Å². The van der Waals surface area contributed by atoms with E-state index in [1.165, 1.54) is 28.8 Å². The van der Waals surface area contributed by atoms with Gasteiger partial charge in [0.05, 0.1) is 0 Å². The number of fused-ring (bicyclic) bond motifs is 1. The zero-order valence-corrected chi connectivity index (χ0v) is 9.65. The fourth-order valence-electron chi connectivity index (χ4n) is 2.58. The molecule has 0 heterocycles. The maximum atomic E-state index is 13.0. The third-order valence-electron chi connectivity index (χ3n) is 3.35. The molecule has 0 aliphatic heterocycles. The fraction of sp³-hybridized carbons (Fsp3) is 0.125. The minimum Gasteiger partial charge on any atom is -0.207 e. The maximum Gasteiger partial charge on any atom is 0.123 e. The van der Waals surface area contributed by atoms with Crippen LogP contribution in [-0.2, 0) is 0 Å². The van der Waals surface area contributed by atoms with Gasteiger partial charge in [-0.05, 0) is 35.7 Å². The number of hydrogen-bond acceptors (Lipinski definition) is 0. The normalized spacial score (nSPS) is 17.8. The Morgan fingerprint density at radius 1 is 0.941 bits per heavy atom. The molecule has 1 aliphatic rings. The Balaban J connectivity index is 2.10. The second-order valence-electron chi connectivity index (χ2n) is 4.50. The van der Waals surface area contributed by atoms with Crippen LogP contribution in [0.25, 0.3) is 6.08 Å². The predicted molar refractivity (Wildman–Crippen MR) is 68.3 cm³/mol. The first kappa shape index (κ1) is 10.3. The Kier molecular flexibility index (Phi) is 2.32. The topological polar surface area (TPSA) is 0 Å². The van der Waals surface area contributed by atoms with E-state index in [-0.39, 0.29) is 11.7 Å². The van der Waals surface area contributed by atoms with Gasteiger partial charge in [0.25, 0.3) is 0 Å². The lowest BCUT2D eigenvalue weighted by Crippen LogP contribution is -1.99. The molecule has 3 rings (SSSR count). The van der Waals surface area contributed by atoms with Crippen molar-refractivity contribution in [1.82, 2.24) is 0 Å². The number of rotatable bonds is 1. The van der Waals surface area contributed by atoms with E-state index in [2.05, 4.69) is 37.3 Å². The highest BCUT2D eigenvalue weighted by Gasteiger charge is 2.23. The van der Waals surface area contributed by atoms with Crippen LogP contribution in [0.5, 0.6) is 0 Å². The third-order valence-corrected chi connectivity index (χ3v) is 3.35. The number of allylic oxidation sites excluding steroid dienone is 1. The monoisotopic (exact) mass is 224 g/mol. The van der Waals surface area contributed by atoms with Crippen molar-refractivity contribution >= 4 is 6.08 Å². The van der Waals surface area contributed by atoms with E-state index >= 15 is 0 Å². The summed E-state index contributed by atoms with van der Waals surface area (Å²) < 4.78 is 13.0. The lowest BCUT2D eigenvalue weighted by molar-refractivity contribution is 0.627. The smallest absolute Gasteiger partial charge is 0.123 e. The molecule has 0 aromatic heterocycles. The van der Waals surface area contributed by atoms with E-state index in [0.29, 0.717) is 0 Å². The van der Waals surface area contributed by atoms with Crippen LogP contribution in [0, 0.1) is 5.82 Å². The van der Waals surface area contributed by atoms with Crippen LogP contribution in [-0.4, -0.2) is 0 Å². The van der Waals surface area contributed by atoms with Gasteiger partial charge >= 0.3 is 0 Å². The van der Waals surface area contributed by atoms with E-state index < -0.39 is 0 Å². The van der Waals surface area contributed by atoms with E-state index in [9.17, 15) is 4.39 Å². The first-order valence-corrected chi connectivity index (χ1v) is 5.78. The Bertz CT molecular complexity index is 579. The summed E-state index contributed by atoms with van der Waals surface area (Å²) in [6.45, 7) is 2.13. The predicted octanol–water partition coefficient (Wildman–Crippen LogP) is 4.37. The molecule has 84 valence electrons. The number of hydrogen-bond donors (Lipinski definition) is 0. The van der Waals surface area contributed by atoms with Crippen molar-refractivity contribution in [2.45, 2.75) is 12.8 Å². The van der Waals surface area contributed by atoms with Crippen molar-refractivity contribution in [2.24, 2.45) is 0 Å². The average molecular weight is 224 g/mol. The van der Waals surface area contributed by atoms with Crippen molar-refractivity contribution in [3.8, 4) is 0 Å². The molecule has 0 spiro atoms. The highest BCUT2D eigenvalue weighted by atomic mass is 19.1. The standard InChI is InChI=1S/C16H13F/c1-11-10-13-4-2-3-5-15(13)16(11)12-6-8-14(17)9-7-12/h2-10,16H,1H3. The molecule has 0 N–H and O–H groups in total. The number of halogens is 1. The summed E-state index contributed by atoms with van der Waals surface area (Å²) in [6.07, 6.45) is 2.21. The van der Waals surface area contributed by atoms with Gasteiger partial charge in [-0.15, -0.1) is 0 Å². The average Bonchev–Trinajstić information content (AvgIpc) is 2.66. The summed E-state index contributed by atoms with van der Waals surface area (Å²) in [6, 6.07) is 15.2. The van der Waals surface area contributed by atoms with Crippen LogP contribution in [0.1, 0.15) is 29.5 Å². The molecule has 0 amide bonds. The molecule has 0 saturated carbocycles. The van der Waals surface area contributed by atoms with Gasteiger partial charge < -0.3 is 0 Å². The molecule has 0 bridgehead atoms. The Labute approximate surface area is 100 Å². The molecule has 1 aliphatic carbocycles. The molecule has 2 aromatic rings. The first-order chi connectivity index (χ1) is 8.25. The zero-order valence-electron chi connectivity index (χ0n) is 9.65. The van der Waals surface area contributed by atoms with E-state index in [0.717, 1.165) is 5.56 Å². The van der Waals surface area contributed by atoms with E-state index in [1.54, 1.807) is 0 Å². The van der Waals surface area contributed by atoms with E-state index in [4.69, 9.17) is 0 Å². The third kappa shape index (κ3) is 1.68. The van der Waals surface area contributed by atoms with Crippen LogP contribution in [0.2, 0.25) is 0 Å². The summed E-state index contributed by atoms with van der Waals surface area (Å²) >= 11 is 0. The molecule has 17 heavy (non-hydrogen) atoms. The molecule has 1 atom stereocenters.